The van der Waals surface area contributed by atoms with Gasteiger partial charge in [0.1, 0.15) is 0 Å². The van der Waals surface area contributed by atoms with Crippen molar-refractivity contribution in [2.24, 2.45) is 0 Å². The number of hydrogen-bond acceptors (Lipinski definition) is 2. The first kappa shape index (κ1) is 10.7. The number of nitrogens with one attached hydrogen (secondary N) is 1. The lowest BCUT2D eigenvalue weighted by Crippen LogP contribution is -2.18. The molecule has 0 radical (unpaired) electrons. The van der Waals surface area contributed by atoms with E-state index < -0.39 is 5.91 Å². The highest BCUT2D eigenvalue weighted by Crippen LogP contribution is 2.26. The number of benzene rings is 1. The maximum absolute atomic E-state index is 11.0. The zero-order valence-corrected chi connectivity index (χ0v) is 9.94. The summed E-state index contributed by atoms with van der Waals surface area (Å²) in [5, 5.41) is 8.41. The maximum atomic E-state index is 11.0. The fourth-order valence-corrected chi connectivity index (χ4v) is 2.03. The van der Waals surface area contributed by atoms with Crippen LogP contribution in [0.25, 0.3) is 0 Å². The third-order valence-corrected chi connectivity index (χ3v) is 3.29. The molecule has 2 N–H and O–H groups in total. The topological polar surface area (TPSA) is 49.3 Å². The van der Waals surface area contributed by atoms with E-state index in [9.17, 15) is 4.79 Å². The molecule has 0 saturated heterocycles. The summed E-state index contributed by atoms with van der Waals surface area (Å²) in [6.45, 7) is 1.91. The first-order valence-corrected chi connectivity index (χ1v) is 5.05. The van der Waals surface area contributed by atoms with Gasteiger partial charge in [0.15, 0.2) is 0 Å². The van der Waals surface area contributed by atoms with Crippen molar-refractivity contribution in [1.82, 2.24) is 5.48 Å². The van der Waals surface area contributed by atoms with Crippen molar-refractivity contribution in [1.29, 1.82) is 0 Å². The Morgan fingerprint density at radius 1 is 1.38 bits per heavy atom. The van der Waals surface area contributed by atoms with Crippen LogP contribution < -0.4 is 5.48 Å². The Bertz CT molecular complexity index is 329. The van der Waals surface area contributed by atoms with Gasteiger partial charge < -0.3 is 0 Å². The average molecular weight is 309 g/mol. The van der Waals surface area contributed by atoms with Crippen LogP contribution in [-0.2, 0) is 0 Å². The lowest BCUT2D eigenvalue weighted by Gasteiger charge is -2.04. The van der Waals surface area contributed by atoms with Crippen LogP contribution in [-0.4, -0.2) is 11.1 Å². The van der Waals surface area contributed by atoms with Crippen LogP contribution in [0, 0.1) is 6.92 Å². The van der Waals surface area contributed by atoms with Gasteiger partial charge in [-0.1, -0.05) is 31.9 Å². The zero-order chi connectivity index (χ0) is 10.0. The van der Waals surface area contributed by atoms with E-state index in [4.69, 9.17) is 5.21 Å². The Hall–Kier alpha value is -0.390. The average Bonchev–Trinajstić information content (AvgIpc) is 2.12. The van der Waals surface area contributed by atoms with E-state index >= 15 is 0 Å². The fraction of sp³-hybridized carbons (Fsp3) is 0.125. The summed E-state index contributed by atoms with van der Waals surface area (Å²) in [6, 6.07) is 3.29. The minimum Gasteiger partial charge on any atom is -0.288 e. The predicted octanol–water partition coefficient (Wildman–Crippen LogP) is 2.64. The number of hydroxylamine groups is 1. The van der Waals surface area contributed by atoms with Gasteiger partial charge in [-0.25, -0.2) is 5.48 Å². The van der Waals surface area contributed by atoms with Crippen molar-refractivity contribution in [2.45, 2.75) is 6.92 Å². The molecule has 0 aliphatic carbocycles. The molecule has 0 atom stereocenters. The van der Waals surface area contributed by atoms with Gasteiger partial charge in [-0.05, 0) is 24.6 Å². The Kier molecular flexibility index (Phi) is 3.47. The zero-order valence-electron chi connectivity index (χ0n) is 6.77. The molecule has 5 heteroatoms. The van der Waals surface area contributed by atoms with E-state index in [0.29, 0.717) is 5.56 Å². The number of carbonyl (C=O) groups is 1. The first-order chi connectivity index (χ1) is 6.06. The van der Waals surface area contributed by atoms with Gasteiger partial charge >= 0.3 is 0 Å². The molecule has 0 spiro atoms. The molecule has 0 aliphatic rings. The molecular weight excluding hydrogens is 302 g/mol. The molecule has 1 rings (SSSR count). The predicted molar refractivity (Wildman–Crippen MR) is 55.8 cm³/mol. The number of hydrogen-bond donors (Lipinski definition) is 2. The number of halogens is 2. The van der Waals surface area contributed by atoms with Crippen LogP contribution in [0.3, 0.4) is 0 Å². The lowest BCUT2D eigenvalue weighted by atomic mass is 10.1. The van der Waals surface area contributed by atoms with Crippen molar-refractivity contribution < 1.29 is 10.0 Å². The van der Waals surface area contributed by atoms with E-state index in [0.717, 1.165) is 14.5 Å². The fourth-order valence-electron chi connectivity index (χ4n) is 0.841. The summed E-state index contributed by atoms with van der Waals surface area (Å²) in [5.41, 5.74) is 2.98. The molecule has 0 bridgehead atoms. The van der Waals surface area contributed by atoms with Crippen molar-refractivity contribution in [3.05, 3.63) is 32.2 Å². The van der Waals surface area contributed by atoms with Crippen molar-refractivity contribution in [3.8, 4) is 0 Å². The molecule has 70 valence electrons. The second-order valence-corrected chi connectivity index (χ2v) is 4.21. The van der Waals surface area contributed by atoms with Gasteiger partial charge in [0.25, 0.3) is 5.91 Å². The van der Waals surface area contributed by atoms with Crippen molar-refractivity contribution in [2.75, 3.05) is 0 Å². The summed E-state index contributed by atoms with van der Waals surface area (Å²) in [7, 11) is 0. The smallest absolute Gasteiger partial charge is 0.274 e. The van der Waals surface area contributed by atoms with Gasteiger partial charge in [0, 0.05) is 14.5 Å². The second kappa shape index (κ2) is 4.21. The third-order valence-electron chi connectivity index (χ3n) is 1.64. The van der Waals surface area contributed by atoms with Gasteiger partial charge in [-0.3, -0.25) is 10.0 Å². The highest BCUT2D eigenvalue weighted by atomic mass is 79.9. The molecule has 0 saturated carbocycles. The molecule has 13 heavy (non-hydrogen) atoms. The summed E-state index contributed by atoms with van der Waals surface area (Å²) in [4.78, 5) is 11.0. The summed E-state index contributed by atoms with van der Waals surface area (Å²) < 4.78 is 1.64. The molecular formula is C8H7Br2NO2. The highest BCUT2D eigenvalue weighted by Gasteiger charge is 2.08. The van der Waals surface area contributed by atoms with Gasteiger partial charge in [0.2, 0.25) is 0 Å². The minimum absolute atomic E-state index is 0.395. The van der Waals surface area contributed by atoms with Crippen molar-refractivity contribution >= 4 is 37.8 Å². The standard InChI is InChI=1S/C8H7Br2NO2/c1-4-6(9)2-5(3-7(4)10)8(12)11-13/h2-3,13H,1H3,(H,11,12). The molecule has 3 nitrogen and oxygen atoms in total. The van der Waals surface area contributed by atoms with Crippen LogP contribution in [0.4, 0.5) is 0 Å². The van der Waals surface area contributed by atoms with E-state index in [1.165, 1.54) is 0 Å². The SMILES string of the molecule is Cc1c(Br)cc(C(=O)NO)cc1Br. The molecule has 1 aromatic carbocycles. The molecule has 0 fully saturated rings. The maximum Gasteiger partial charge on any atom is 0.274 e. The summed E-state index contributed by atoms with van der Waals surface area (Å²) >= 11 is 6.61. The van der Waals surface area contributed by atoms with Crippen molar-refractivity contribution in [3.63, 3.8) is 0 Å². The molecule has 0 aliphatic heterocycles. The van der Waals surface area contributed by atoms with E-state index in [2.05, 4.69) is 31.9 Å². The van der Waals surface area contributed by atoms with E-state index in [1.807, 2.05) is 6.92 Å². The summed E-state index contributed by atoms with van der Waals surface area (Å²) in [5.74, 6) is -0.526. The Labute approximate surface area is 92.4 Å². The van der Waals surface area contributed by atoms with Gasteiger partial charge in [-0.15, -0.1) is 0 Å². The molecule has 0 unspecified atom stereocenters. The Morgan fingerprint density at radius 3 is 2.23 bits per heavy atom. The molecule has 0 heterocycles. The van der Waals surface area contributed by atoms with Crippen LogP contribution in [0.1, 0.15) is 15.9 Å². The van der Waals surface area contributed by atoms with Gasteiger partial charge in [-0.2, -0.15) is 0 Å². The molecule has 1 amide bonds. The monoisotopic (exact) mass is 307 g/mol. The quantitative estimate of drug-likeness (QED) is 0.619. The molecule has 1 aromatic rings. The Morgan fingerprint density at radius 2 is 1.85 bits per heavy atom. The highest BCUT2D eigenvalue weighted by molar-refractivity contribution is 9.11. The molecule has 0 aromatic heterocycles. The largest absolute Gasteiger partial charge is 0.288 e. The number of rotatable bonds is 1. The van der Waals surface area contributed by atoms with E-state index in [-0.39, 0.29) is 0 Å². The van der Waals surface area contributed by atoms with Crippen LogP contribution in [0.15, 0.2) is 21.1 Å². The van der Waals surface area contributed by atoms with Gasteiger partial charge in [0.05, 0.1) is 0 Å². The first-order valence-electron chi connectivity index (χ1n) is 3.46. The summed E-state index contributed by atoms with van der Waals surface area (Å²) in [6.07, 6.45) is 0. The van der Waals surface area contributed by atoms with Crippen LogP contribution in [0.2, 0.25) is 0 Å². The normalized spacial score (nSPS) is 9.85. The minimum atomic E-state index is -0.526. The van der Waals surface area contributed by atoms with Crippen LogP contribution >= 0.6 is 31.9 Å². The third kappa shape index (κ3) is 2.30. The second-order valence-electron chi connectivity index (χ2n) is 2.51. The number of carbonyl (C=O) groups excluding carboxylic acids is 1. The van der Waals surface area contributed by atoms with Crippen LogP contribution in [0.5, 0.6) is 0 Å². The number of amides is 1. The lowest BCUT2D eigenvalue weighted by molar-refractivity contribution is 0.0706. The Balaban J connectivity index is 3.20. The van der Waals surface area contributed by atoms with E-state index in [1.54, 1.807) is 17.6 Å².